The fraction of sp³-hybridized carbons (Fsp3) is 0.333. The van der Waals surface area contributed by atoms with Crippen LogP contribution in [0.1, 0.15) is 29.6 Å². The van der Waals surface area contributed by atoms with E-state index in [0.717, 1.165) is 70.5 Å². The van der Waals surface area contributed by atoms with Crippen molar-refractivity contribution in [3.05, 3.63) is 65.1 Å². The minimum Gasteiger partial charge on any atom is -0.494 e. The third kappa shape index (κ3) is 3.61. The number of nitrogens with zero attached hydrogens (tertiary/aromatic N) is 4. The number of ether oxygens (including phenoxy) is 2. The first-order valence-electron chi connectivity index (χ1n) is 11.8. The summed E-state index contributed by atoms with van der Waals surface area (Å²) >= 11 is 0. The van der Waals surface area contributed by atoms with Gasteiger partial charge in [0.05, 0.1) is 25.1 Å². The lowest BCUT2D eigenvalue weighted by atomic mass is 10.1. The van der Waals surface area contributed by atoms with Crippen molar-refractivity contribution in [1.82, 2.24) is 14.8 Å². The number of aromatic nitrogens is 3. The number of hydrogen-bond acceptors (Lipinski definition) is 6. The number of anilines is 2. The molecule has 7 heteroatoms. The summed E-state index contributed by atoms with van der Waals surface area (Å²) in [6.45, 7) is 11.4. The van der Waals surface area contributed by atoms with E-state index in [9.17, 15) is 0 Å². The van der Waals surface area contributed by atoms with Crippen LogP contribution in [0.25, 0.3) is 16.5 Å². The van der Waals surface area contributed by atoms with E-state index in [1.54, 1.807) is 7.11 Å². The number of rotatable bonds is 5. The Balaban J connectivity index is 1.68. The lowest BCUT2D eigenvalue weighted by molar-refractivity contribution is 0.336. The highest BCUT2D eigenvalue weighted by Crippen LogP contribution is 2.39. The molecule has 1 N–H and O–H groups in total. The van der Waals surface area contributed by atoms with Crippen LogP contribution in [0.3, 0.4) is 0 Å². The van der Waals surface area contributed by atoms with E-state index in [0.29, 0.717) is 6.61 Å². The van der Waals surface area contributed by atoms with Gasteiger partial charge in [0.1, 0.15) is 11.5 Å². The van der Waals surface area contributed by atoms with E-state index in [4.69, 9.17) is 14.6 Å². The Morgan fingerprint density at radius 3 is 2.59 bits per heavy atom. The molecule has 0 aliphatic carbocycles. The molecular formula is C27H31N5O2. The van der Waals surface area contributed by atoms with E-state index < -0.39 is 0 Å². The zero-order valence-corrected chi connectivity index (χ0v) is 20.5. The molecule has 1 aliphatic heterocycles. The van der Waals surface area contributed by atoms with Gasteiger partial charge in [-0.2, -0.15) is 5.10 Å². The fourth-order valence-electron chi connectivity index (χ4n) is 5.08. The average molecular weight is 458 g/mol. The van der Waals surface area contributed by atoms with Gasteiger partial charge in [-0.1, -0.05) is 18.2 Å². The van der Waals surface area contributed by atoms with Gasteiger partial charge in [0.25, 0.3) is 0 Å². The first-order chi connectivity index (χ1) is 16.5. The molecule has 0 saturated carbocycles. The summed E-state index contributed by atoms with van der Waals surface area (Å²) in [6.07, 6.45) is 0. The Morgan fingerprint density at radius 2 is 1.79 bits per heavy atom. The lowest BCUT2D eigenvalue weighted by Crippen LogP contribution is -2.27. The van der Waals surface area contributed by atoms with Crippen molar-refractivity contribution in [2.45, 2.75) is 34.2 Å². The van der Waals surface area contributed by atoms with Crippen molar-refractivity contribution in [2.24, 2.45) is 0 Å². The second-order valence-electron chi connectivity index (χ2n) is 8.64. The molecule has 0 fully saturated rings. The molecular weight excluding hydrogens is 426 g/mol. The van der Waals surface area contributed by atoms with Crippen LogP contribution in [-0.4, -0.2) is 41.6 Å². The van der Waals surface area contributed by atoms with Crippen molar-refractivity contribution in [3.63, 3.8) is 0 Å². The van der Waals surface area contributed by atoms with Gasteiger partial charge in [0.2, 0.25) is 0 Å². The quantitative estimate of drug-likeness (QED) is 0.445. The summed E-state index contributed by atoms with van der Waals surface area (Å²) in [6, 6.07) is 14.5. The molecule has 0 bridgehead atoms. The second-order valence-corrected chi connectivity index (χ2v) is 8.64. The monoisotopic (exact) mass is 457 g/mol. The molecule has 2 aromatic heterocycles. The second kappa shape index (κ2) is 8.89. The van der Waals surface area contributed by atoms with Crippen LogP contribution in [-0.2, 0) is 6.54 Å². The van der Waals surface area contributed by atoms with Crippen molar-refractivity contribution >= 4 is 22.3 Å². The Labute approximate surface area is 200 Å². The molecule has 5 rings (SSSR count). The Bertz CT molecular complexity index is 1360. The third-order valence-corrected chi connectivity index (χ3v) is 6.60. The zero-order valence-electron chi connectivity index (χ0n) is 20.5. The number of hydrogen-bond donors (Lipinski definition) is 1. The van der Waals surface area contributed by atoms with Crippen molar-refractivity contribution in [2.75, 3.05) is 37.0 Å². The molecule has 2 aromatic carbocycles. The SMILES string of the molecule is CCOc1ccc(-n2c(C)c3c(C)nnc(N4CCNc5ccccc5C4)c3c2C)c(OC)c1. The van der Waals surface area contributed by atoms with Crippen molar-refractivity contribution in [3.8, 4) is 17.2 Å². The molecule has 0 spiro atoms. The lowest BCUT2D eigenvalue weighted by Gasteiger charge is -2.22. The molecule has 0 atom stereocenters. The van der Waals surface area contributed by atoms with E-state index in [-0.39, 0.29) is 0 Å². The summed E-state index contributed by atoms with van der Waals surface area (Å²) in [5.41, 5.74) is 6.59. The Hall–Kier alpha value is -3.74. The maximum atomic E-state index is 5.77. The third-order valence-electron chi connectivity index (χ3n) is 6.60. The van der Waals surface area contributed by atoms with Crippen LogP contribution in [0.15, 0.2) is 42.5 Å². The number of methoxy groups -OCH3 is 1. The topological polar surface area (TPSA) is 64.4 Å². The largest absolute Gasteiger partial charge is 0.494 e. The van der Waals surface area contributed by atoms with E-state index in [1.165, 1.54) is 11.3 Å². The van der Waals surface area contributed by atoms with Crippen LogP contribution in [0.4, 0.5) is 11.5 Å². The highest BCUT2D eigenvalue weighted by molar-refractivity contribution is 5.99. The summed E-state index contributed by atoms with van der Waals surface area (Å²) in [5.74, 6) is 2.49. The number of aryl methyl sites for hydroxylation is 3. The summed E-state index contributed by atoms with van der Waals surface area (Å²) in [7, 11) is 1.70. The molecule has 1 aliphatic rings. The summed E-state index contributed by atoms with van der Waals surface area (Å²) < 4.78 is 13.7. The molecule has 176 valence electrons. The van der Waals surface area contributed by atoms with Crippen LogP contribution in [0.5, 0.6) is 11.5 Å². The van der Waals surface area contributed by atoms with Gasteiger partial charge in [-0.3, -0.25) is 0 Å². The average Bonchev–Trinajstić information content (AvgIpc) is 2.98. The van der Waals surface area contributed by atoms with Gasteiger partial charge in [-0.15, -0.1) is 5.10 Å². The molecule has 4 aromatic rings. The smallest absolute Gasteiger partial charge is 0.161 e. The van der Waals surface area contributed by atoms with Crippen LogP contribution < -0.4 is 19.7 Å². The van der Waals surface area contributed by atoms with Gasteiger partial charge in [-0.25, -0.2) is 0 Å². The first kappa shape index (κ1) is 22.1. The number of nitrogens with one attached hydrogen (secondary N) is 1. The summed E-state index contributed by atoms with van der Waals surface area (Å²) in [5, 5.41) is 15.1. The van der Waals surface area contributed by atoms with Crippen molar-refractivity contribution in [1.29, 1.82) is 0 Å². The van der Waals surface area contributed by atoms with Gasteiger partial charge in [0, 0.05) is 53.5 Å². The zero-order chi connectivity index (χ0) is 23.8. The fourth-order valence-corrected chi connectivity index (χ4v) is 5.08. The normalized spacial score (nSPS) is 13.4. The standard InChI is InChI=1S/C27H31N5O2/c1-6-34-21-11-12-23(24(15-21)33-5)32-18(3)25-17(2)29-30-27(26(25)19(32)4)31-14-13-28-22-10-8-7-9-20(22)16-31/h7-12,15,28H,6,13-14,16H2,1-5H3. The van der Waals surface area contributed by atoms with Crippen molar-refractivity contribution < 1.29 is 9.47 Å². The van der Waals surface area contributed by atoms with E-state index in [1.807, 2.05) is 26.0 Å². The molecule has 3 heterocycles. The molecule has 0 radical (unpaired) electrons. The van der Waals surface area contributed by atoms with E-state index in [2.05, 4.69) is 64.1 Å². The molecule has 0 amide bonds. The highest BCUT2D eigenvalue weighted by Gasteiger charge is 2.25. The summed E-state index contributed by atoms with van der Waals surface area (Å²) in [4.78, 5) is 2.33. The number of benzene rings is 2. The Morgan fingerprint density at radius 1 is 1.00 bits per heavy atom. The predicted molar refractivity (Wildman–Crippen MR) is 137 cm³/mol. The minimum atomic E-state index is 0.613. The van der Waals surface area contributed by atoms with Gasteiger partial charge in [0.15, 0.2) is 5.82 Å². The molecule has 0 unspecified atom stereocenters. The predicted octanol–water partition coefficient (Wildman–Crippen LogP) is 5.19. The molecule has 34 heavy (non-hydrogen) atoms. The Kier molecular flexibility index (Phi) is 5.77. The van der Waals surface area contributed by atoms with Gasteiger partial charge < -0.3 is 24.3 Å². The van der Waals surface area contributed by atoms with Crippen LogP contribution in [0, 0.1) is 20.8 Å². The maximum Gasteiger partial charge on any atom is 0.161 e. The minimum absolute atomic E-state index is 0.613. The maximum absolute atomic E-state index is 5.77. The van der Waals surface area contributed by atoms with E-state index >= 15 is 0 Å². The first-order valence-corrected chi connectivity index (χ1v) is 11.8. The molecule has 7 nitrogen and oxygen atoms in total. The van der Waals surface area contributed by atoms with Gasteiger partial charge in [-0.05, 0) is 51.5 Å². The van der Waals surface area contributed by atoms with Crippen LogP contribution in [0.2, 0.25) is 0 Å². The number of fused-ring (bicyclic) bond motifs is 2. The van der Waals surface area contributed by atoms with Crippen LogP contribution >= 0.6 is 0 Å². The highest BCUT2D eigenvalue weighted by atomic mass is 16.5. The number of para-hydroxylation sites is 1. The molecule has 0 saturated heterocycles. The van der Waals surface area contributed by atoms with Gasteiger partial charge >= 0.3 is 0 Å².